The molecule has 0 aliphatic carbocycles. The topological polar surface area (TPSA) is 68.5 Å². The molecule has 0 atom stereocenters. The van der Waals surface area contributed by atoms with Gasteiger partial charge in [0.2, 0.25) is 0 Å². The zero-order chi connectivity index (χ0) is 14.5. The molecular weight excluding hydrogens is 272 g/mol. The van der Waals surface area contributed by atoms with E-state index in [1.807, 2.05) is 0 Å². The number of nitrogens with one attached hydrogen (secondary N) is 1. The highest BCUT2D eigenvalue weighted by Gasteiger charge is 2.13. The van der Waals surface area contributed by atoms with Gasteiger partial charge >= 0.3 is 5.97 Å². The van der Waals surface area contributed by atoms with Crippen molar-refractivity contribution in [2.75, 3.05) is 11.9 Å². The van der Waals surface area contributed by atoms with Gasteiger partial charge in [-0.2, -0.15) is 0 Å². The second kappa shape index (κ2) is 5.96. The van der Waals surface area contributed by atoms with Crippen molar-refractivity contribution in [3.8, 4) is 0 Å². The Balaban J connectivity index is 1.90. The van der Waals surface area contributed by atoms with Crippen LogP contribution < -0.4 is 5.32 Å². The lowest BCUT2D eigenvalue weighted by molar-refractivity contribution is -0.119. The van der Waals surface area contributed by atoms with Crippen LogP contribution in [0.3, 0.4) is 0 Å². The average Bonchev–Trinajstić information content (AvgIpc) is 2.94. The van der Waals surface area contributed by atoms with E-state index in [0.29, 0.717) is 0 Å². The Kier molecular flexibility index (Phi) is 4.09. The molecule has 0 saturated heterocycles. The third-order valence-corrected chi connectivity index (χ3v) is 2.29. The van der Waals surface area contributed by atoms with E-state index in [9.17, 15) is 18.4 Å². The zero-order valence-electron chi connectivity index (χ0n) is 10.1. The Morgan fingerprint density at radius 2 is 2.05 bits per heavy atom. The van der Waals surface area contributed by atoms with Crippen LogP contribution in [0.1, 0.15) is 10.4 Å². The van der Waals surface area contributed by atoms with Crippen LogP contribution in [-0.4, -0.2) is 18.5 Å². The highest BCUT2D eigenvalue weighted by atomic mass is 19.1. The van der Waals surface area contributed by atoms with Gasteiger partial charge in [0.1, 0.15) is 17.9 Å². The summed E-state index contributed by atoms with van der Waals surface area (Å²) >= 11 is 0. The van der Waals surface area contributed by atoms with Gasteiger partial charge in [-0.15, -0.1) is 0 Å². The quantitative estimate of drug-likeness (QED) is 0.873. The van der Waals surface area contributed by atoms with Crippen molar-refractivity contribution < 1.29 is 27.5 Å². The number of ether oxygens (including phenoxy) is 1. The molecule has 0 saturated carbocycles. The molecule has 1 heterocycles. The van der Waals surface area contributed by atoms with Crippen LogP contribution in [0.5, 0.6) is 0 Å². The normalized spacial score (nSPS) is 10.1. The summed E-state index contributed by atoms with van der Waals surface area (Å²) in [6.45, 7) is -0.625. The minimum atomic E-state index is -0.791. The molecule has 1 amide bonds. The largest absolute Gasteiger partial charge is 0.472 e. The van der Waals surface area contributed by atoms with Crippen LogP contribution >= 0.6 is 0 Å². The number of benzene rings is 1. The summed E-state index contributed by atoms with van der Waals surface area (Å²) in [5.41, 5.74) is -0.177. The number of hydrogen-bond acceptors (Lipinski definition) is 4. The number of halogens is 2. The Morgan fingerprint density at radius 3 is 2.75 bits per heavy atom. The van der Waals surface area contributed by atoms with Crippen LogP contribution in [0.4, 0.5) is 14.5 Å². The first kappa shape index (κ1) is 13.7. The number of esters is 1. The van der Waals surface area contributed by atoms with Crippen LogP contribution in [0.25, 0.3) is 0 Å². The van der Waals surface area contributed by atoms with Gasteiger partial charge in [-0.25, -0.2) is 13.6 Å². The van der Waals surface area contributed by atoms with Gasteiger partial charge in [-0.05, 0) is 18.2 Å². The Labute approximate surface area is 112 Å². The summed E-state index contributed by atoms with van der Waals surface area (Å²) in [6.07, 6.45) is 2.44. The van der Waals surface area contributed by atoms with Crippen LogP contribution in [-0.2, 0) is 9.53 Å². The van der Waals surface area contributed by atoms with Crippen LogP contribution in [0.15, 0.2) is 41.2 Å². The Hall–Kier alpha value is -2.70. The van der Waals surface area contributed by atoms with Gasteiger partial charge in [0, 0.05) is 6.07 Å². The lowest BCUT2D eigenvalue weighted by Gasteiger charge is -2.06. The third kappa shape index (κ3) is 3.41. The first-order chi connectivity index (χ1) is 9.56. The molecule has 0 radical (unpaired) electrons. The van der Waals surface area contributed by atoms with Gasteiger partial charge in [-0.1, -0.05) is 0 Å². The highest BCUT2D eigenvalue weighted by molar-refractivity contribution is 5.95. The number of rotatable bonds is 4. The molecule has 1 aromatic carbocycles. The molecule has 0 aliphatic rings. The monoisotopic (exact) mass is 281 g/mol. The Morgan fingerprint density at radius 1 is 1.25 bits per heavy atom. The van der Waals surface area contributed by atoms with E-state index in [4.69, 9.17) is 0 Å². The summed E-state index contributed by atoms with van der Waals surface area (Å²) in [7, 11) is 0. The maximum absolute atomic E-state index is 13.3. The lowest BCUT2D eigenvalue weighted by Crippen LogP contribution is -2.21. The van der Waals surface area contributed by atoms with Crippen molar-refractivity contribution in [3.63, 3.8) is 0 Å². The van der Waals surface area contributed by atoms with Crippen molar-refractivity contribution in [2.45, 2.75) is 0 Å². The van der Waals surface area contributed by atoms with E-state index in [0.717, 1.165) is 24.5 Å². The minimum Gasteiger partial charge on any atom is -0.472 e. The van der Waals surface area contributed by atoms with E-state index >= 15 is 0 Å². The summed E-state index contributed by atoms with van der Waals surface area (Å²) in [5, 5.41) is 2.10. The van der Waals surface area contributed by atoms with E-state index in [2.05, 4.69) is 14.5 Å². The SMILES string of the molecule is O=C(COC(=O)c1ccoc1)Nc1cc(F)ccc1F. The average molecular weight is 281 g/mol. The molecule has 0 unspecified atom stereocenters. The first-order valence-electron chi connectivity index (χ1n) is 5.50. The molecule has 0 fully saturated rings. The van der Waals surface area contributed by atoms with Crippen LogP contribution in [0.2, 0.25) is 0 Å². The molecular formula is C13H9F2NO4. The second-order valence-corrected chi connectivity index (χ2v) is 3.76. The summed E-state index contributed by atoms with van der Waals surface area (Å²) in [6, 6.07) is 3.99. The van der Waals surface area contributed by atoms with Crippen molar-refractivity contribution in [1.29, 1.82) is 0 Å². The number of furan rings is 1. The molecule has 1 aromatic heterocycles. The lowest BCUT2D eigenvalue weighted by atomic mass is 10.3. The molecule has 0 aliphatic heterocycles. The molecule has 0 bridgehead atoms. The number of carbonyl (C=O) groups excluding carboxylic acids is 2. The molecule has 1 N–H and O–H groups in total. The number of anilines is 1. The van der Waals surface area contributed by atoms with E-state index in [-0.39, 0.29) is 11.3 Å². The number of hydrogen-bond donors (Lipinski definition) is 1. The van der Waals surface area contributed by atoms with Crippen molar-refractivity contribution >= 4 is 17.6 Å². The fraction of sp³-hybridized carbons (Fsp3) is 0.0769. The van der Waals surface area contributed by atoms with E-state index in [1.54, 1.807) is 0 Å². The fourth-order valence-electron chi connectivity index (χ4n) is 1.37. The van der Waals surface area contributed by atoms with E-state index < -0.39 is 30.1 Å². The molecule has 104 valence electrons. The summed E-state index contributed by atoms with van der Waals surface area (Å²) in [4.78, 5) is 22.8. The minimum absolute atomic E-state index is 0.148. The molecule has 5 nitrogen and oxygen atoms in total. The van der Waals surface area contributed by atoms with Gasteiger partial charge in [-0.3, -0.25) is 4.79 Å². The predicted molar refractivity (Wildman–Crippen MR) is 64.0 cm³/mol. The highest BCUT2D eigenvalue weighted by Crippen LogP contribution is 2.15. The standard InChI is InChI=1S/C13H9F2NO4/c14-9-1-2-10(15)11(5-9)16-12(17)7-20-13(18)8-3-4-19-6-8/h1-6H,7H2,(H,16,17). The van der Waals surface area contributed by atoms with Gasteiger partial charge in [0.25, 0.3) is 5.91 Å². The Bertz CT molecular complexity index is 625. The predicted octanol–water partition coefficient (Wildman–Crippen LogP) is 2.35. The number of amides is 1. The van der Waals surface area contributed by atoms with Gasteiger partial charge in [0.15, 0.2) is 6.61 Å². The number of carbonyl (C=O) groups is 2. The van der Waals surface area contributed by atoms with Gasteiger partial charge < -0.3 is 14.5 Å². The van der Waals surface area contributed by atoms with Crippen LogP contribution in [0, 0.1) is 11.6 Å². The van der Waals surface area contributed by atoms with E-state index in [1.165, 1.54) is 12.3 Å². The summed E-state index contributed by atoms with van der Waals surface area (Å²) in [5.74, 6) is -3.03. The van der Waals surface area contributed by atoms with Crippen molar-refractivity contribution in [3.05, 3.63) is 54.0 Å². The van der Waals surface area contributed by atoms with Crippen molar-refractivity contribution in [2.24, 2.45) is 0 Å². The van der Waals surface area contributed by atoms with Crippen molar-refractivity contribution in [1.82, 2.24) is 0 Å². The van der Waals surface area contributed by atoms with Gasteiger partial charge in [0.05, 0.1) is 17.5 Å². The maximum Gasteiger partial charge on any atom is 0.341 e. The molecule has 20 heavy (non-hydrogen) atoms. The summed E-state index contributed by atoms with van der Waals surface area (Å²) < 4.78 is 35.5. The first-order valence-corrected chi connectivity index (χ1v) is 5.50. The molecule has 7 heteroatoms. The fourth-order valence-corrected chi connectivity index (χ4v) is 1.37. The second-order valence-electron chi connectivity index (χ2n) is 3.76. The molecule has 2 rings (SSSR count). The third-order valence-electron chi connectivity index (χ3n) is 2.29. The zero-order valence-corrected chi connectivity index (χ0v) is 10.1. The molecule has 0 spiro atoms. The smallest absolute Gasteiger partial charge is 0.341 e. The maximum atomic E-state index is 13.3. The molecule has 2 aromatic rings.